The second-order valence-electron chi connectivity index (χ2n) is 6.17. The number of aryl methyl sites for hydroxylation is 1. The van der Waals surface area contributed by atoms with E-state index in [1.807, 2.05) is 6.92 Å². The Morgan fingerprint density at radius 2 is 1.79 bits per heavy atom. The van der Waals surface area contributed by atoms with Gasteiger partial charge >= 0.3 is 0 Å². The molecule has 0 radical (unpaired) electrons. The van der Waals surface area contributed by atoms with Crippen molar-refractivity contribution in [2.45, 2.75) is 20.5 Å². The summed E-state index contributed by atoms with van der Waals surface area (Å²) in [6.07, 6.45) is 0. The van der Waals surface area contributed by atoms with Gasteiger partial charge in [-0.3, -0.25) is 9.59 Å². The molecular weight excluding hydrogens is 363 g/mol. The van der Waals surface area contributed by atoms with Crippen molar-refractivity contribution in [3.63, 3.8) is 0 Å². The molecule has 0 atom stereocenters. The van der Waals surface area contributed by atoms with Crippen molar-refractivity contribution < 1.29 is 23.1 Å². The minimum Gasteiger partial charge on any atom is -0.486 e. The van der Waals surface area contributed by atoms with Gasteiger partial charge in [-0.25, -0.2) is 4.39 Å². The number of rotatable bonds is 6. The van der Waals surface area contributed by atoms with Crippen molar-refractivity contribution in [3.05, 3.63) is 77.5 Å². The smallest absolute Gasteiger partial charge is 0.291 e. The Bertz CT molecular complexity index is 996. The Balaban J connectivity index is 1.60. The van der Waals surface area contributed by atoms with Crippen LogP contribution < -0.4 is 15.4 Å². The van der Waals surface area contributed by atoms with Gasteiger partial charge in [0.2, 0.25) is 5.91 Å². The van der Waals surface area contributed by atoms with E-state index in [-0.39, 0.29) is 24.1 Å². The second kappa shape index (κ2) is 8.39. The number of carbonyl (C=O) groups is 2. The molecule has 0 unspecified atom stereocenters. The molecule has 6 nitrogen and oxygen atoms in total. The summed E-state index contributed by atoms with van der Waals surface area (Å²) < 4.78 is 23.9. The summed E-state index contributed by atoms with van der Waals surface area (Å²) in [7, 11) is 0. The second-order valence-corrected chi connectivity index (χ2v) is 6.17. The van der Waals surface area contributed by atoms with Crippen molar-refractivity contribution >= 4 is 23.2 Å². The monoisotopic (exact) mass is 382 g/mol. The maximum atomic E-state index is 12.9. The summed E-state index contributed by atoms with van der Waals surface area (Å²) in [6.45, 7) is 3.38. The van der Waals surface area contributed by atoms with Crippen LogP contribution in [0.25, 0.3) is 0 Å². The number of halogens is 1. The Morgan fingerprint density at radius 3 is 2.46 bits per heavy atom. The van der Waals surface area contributed by atoms with E-state index in [9.17, 15) is 14.0 Å². The molecule has 3 aromatic rings. The first kappa shape index (κ1) is 19.2. The van der Waals surface area contributed by atoms with Gasteiger partial charge in [0, 0.05) is 18.3 Å². The molecule has 1 aromatic heterocycles. The van der Waals surface area contributed by atoms with Gasteiger partial charge in [-0.2, -0.15) is 0 Å². The molecule has 1 heterocycles. The molecule has 2 aromatic carbocycles. The summed E-state index contributed by atoms with van der Waals surface area (Å²) in [5.41, 5.74) is 2.08. The molecule has 0 bridgehead atoms. The van der Waals surface area contributed by atoms with Crippen molar-refractivity contribution in [2.24, 2.45) is 0 Å². The van der Waals surface area contributed by atoms with Crippen LogP contribution in [0.3, 0.4) is 0 Å². The van der Waals surface area contributed by atoms with Crippen molar-refractivity contribution in [3.8, 4) is 5.75 Å². The molecule has 0 saturated heterocycles. The standard InChI is InChI=1S/C21H19FN2O4/c1-13-11-16(5-9-19(13)23-14(2)25)24-21(26)20-10-8-18(28-20)12-27-17-6-3-15(22)4-7-17/h3-11H,12H2,1-2H3,(H,23,25)(H,24,26). The Morgan fingerprint density at radius 1 is 1.04 bits per heavy atom. The van der Waals surface area contributed by atoms with E-state index in [0.717, 1.165) is 5.56 Å². The summed E-state index contributed by atoms with van der Waals surface area (Å²) >= 11 is 0. The number of benzene rings is 2. The number of amides is 2. The van der Waals surface area contributed by atoms with Crippen LogP contribution >= 0.6 is 0 Å². The average Bonchev–Trinajstić information content (AvgIpc) is 3.12. The first-order valence-electron chi connectivity index (χ1n) is 8.57. The molecule has 0 spiro atoms. The van der Waals surface area contributed by atoms with Gasteiger partial charge in [0.25, 0.3) is 5.91 Å². The van der Waals surface area contributed by atoms with Gasteiger partial charge in [-0.05, 0) is 67.1 Å². The first-order valence-corrected chi connectivity index (χ1v) is 8.57. The van der Waals surface area contributed by atoms with Crippen molar-refractivity contribution in [2.75, 3.05) is 10.6 Å². The van der Waals surface area contributed by atoms with Gasteiger partial charge in [-0.1, -0.05) is 0 Å². The topological polar surface area (TPSA) is 80.6 Å². The number of ether oxygens (including phenoxy) is 1. The third kappa shape index (κ3) is 4.97. The highest BCUT2D eigenvalue weighted by Gasteiger charge is 2.13. The highest BCUT2D eigenvalue weighted by Crippen LogP contribution is 2.21. The zero-order valence-corrected chi connectivity index (χ0v) is 15.4. The van der Waals surface area contributed by atoms with Crippen LogP contribution in [-0.4, -0.2) is 11.8 Å². The number of anilines is 2. The lowest BCUT2D eigenvalue weighted by Crippen LogP contribution is -2.12. The lowest BCUT2D eigenvalue weighted by atomic mass is 10.1. The van der Waals surface area contributed by atoms with Crippen LogP contribution in [0.2, 0.25) is 0 Å². The summed E-state index contributed by atoms with van der Waals surface area (Å²) in [6, 6.07) is 14.0. The molecule has 2 N–H and O–H groups in total. The maximum absolute atomic E-state index is 12.9. The van der Waals surface area contributed by atoms with Crippen LogP contribution in [-0.2, 0) is 11.4 Å². The third-order valence-electron chi connectivity index (χ3n) is 3.88. The largest absolute Gasteiger partial charge is 0.486 e. The van der Waals surface area contributed by atoms with Crippen LogP contribution in [0.4, 0.5) is 15.8 Å². The minimum absolute atomic E-state index is 0.115. The Labute approximate surface area is 161 Å². The number of nitrogens with one attached hydrogen (secondary N) is 2. The zero-order valence-electron chi connectivity index (χ0n) is 15.4. The quantitative estimate of drug-likeness (QED) is 0.657. The summed E-state index contributed by atoms with van der Waals surface area (Å²) in [4.78, 5) is 23.5. The molecule has 0 saturated carbocycles. The van der Waals surface area contributed by atoms with Gasteiger partial charge in [0.05, 0.1) is 0 Å². The van der Waals surface area contributed by atoms with E-state index >= 15 is 0 Å². The SMILES string of the molecule is CC(=O)Nc1ccc(NC(=O)c2ccc(COc3ccc(F)cc3)o2)cc1C. The van der Waals surface area contributed by atoms with Gasteiger partial charge in [0.1, 0.15) is 23.9 Å². The maximum Gasteiger partial charge on any atom is 0.291 e. The molecule has 2 amide bonds. The molecule has 0 aliphatic rings. The van der Waals surface area contributed by atoms with E-state index in [4.69, 9.17) is 9.15 Å². The minimum atomic E-state index is -0.403. The predicted octanol–water partition coefficient (Wildman–Crippen LogP) is 4.52. The first-order chi connectivity index (χ1) is 13.4. The van der Waals surface area contributed by atoms with E-state index in [0.29, 0.717) is 22.9 Å². The fraction of sp³-hybridized carbons (Fsp3) is 0.143. The highest BCUT2D eigenvalue weighted by atomic mass is 19.1. The zero-order chi connectivity index (χ0) is 20.1. The molecule has 0 aliphatic heterocycles. The van der Waals surface area contributed by atoms with Gasteiger partial charge < -0.3 is 19.8 Å². The molecule has 144 valence electrons. The van der Waals surface area contributed by atoms with E-state index < -0.39 is 5.91 Å². The fourth-order valence-electron chi connectivity index (χ4n) is 2.53. The number of hydrogen-bond donors (Lipinski definition) is 2. The number of furan rings is 1. The predicted molar refractivity (Wildman–Crippen MR) is 103 cm³/mol. The van der Waals surface area contributed by atoms with E-state index in [1.54, 1.807) is 30.3 Å². The van der Waals surface area contributed by atoms with Crippen LogP contribution in [0.1, 0.15) is 28.8 Å². The van der Waals surface area contributed by atoms with Gasteiger partial charge in [0.15, 0.2) is 5.76 Å². The fourth-order valence-corrected chi connectivity index (χ4v) is 2.53. The van der Waals surface area contributed by atoms with Crippen LogP contribution in [0, 0.1) is 12.7 Å². The van der Waals surface area contributed by atoms with E-state index in [2.05, 4.69) is 10.6 Å². The van der Waals surface area contributed by atoms with Crippen LogP contribution in [0.15, 0.2) is 59.0 Å². The molecular formula is C21H19FN2O4. The molecule has 3 rings (SSSR count). The number of carbonyl (C=O) groups excluding carboxylic acids is 2. The van der Waals surface area contributed by atoms with Crippen molar-refractivity contribution in [1.82, 2.24) is 0 Å². The summed E-state index contributed by atoms with van der Waals surface area (Å²) in [5.74, 6) is 0.196. The Kier molecular flexibility index (Phi) is 5.74. The third-order valence-corrected chi connectivity index (χ3v) is 3.88. The lowest BCUT2D eigenvalue weighted by molar-refractivity contribution is -0.114. The molecule has 7 heteroatoms. The molecule has 0 aliphatic carbocycles. The normalized spacial score (nSPS) is 10.4. The van der Waals surface area contributed by atoms with Crippen molar-refractivity contribution in [1.29, 1.82) is 0 Å². The van der Waals surface area contributed by atoms with Crippen LogP contribution in [0.5, 0.6) is 5.75 Å². The average molecular weight is 382 g/mol. The van der Waals surface area contributed by atoms with Gasteiger partial charge in [-0.15, -0.1) is 0 Å². The lowest BCUT2D eigenvalue weighted by Gasteiger charge is -2.09. The number of hydrogen-bond acceptors (Lipinski definition) is 4. The summed E-state index contributed by atoms with van der Waals surface area (Å²) in [5, 5.41) is 5.46. The highest BCUT2D eigenvalue weighted by molar-refractivity contribution is 6.02. The molecule has 0 fully saturated rings. The van der Waals surface area contributed by atoms with E-state index in [1.165, 1.54) is 31.2 Å². The molecule has 28 heavy (non-hydrogen) atoms. The Hall–Kier alpha value is -3.61.